The summed E-state index contributed by atoms with van der Waals surface area (Å²) >= 11 is 0. The molecular formula is C31H39O4SSi. The minimum atomic E-state index is -3.72. The maximum atomic E-state index is 12.6. The van der Waals surface area contributed by atoms with Crippen molar-refractivity contribution in [1.82, 2.24) is 0 Å². The SMILES string of the molecule is Cc1ccc(S(=O)(=O)OC2CCC(CCO[Si](c3ccccc3)c3ccc(C(C)(C)C)cc3)CC2)cc1. The van der Waals surface area contributed by atoms with Crippen molar-refractivity contribution in [3.8, 4) is 0 Å². The normalized spacial score (nSPS) is 18.7. The van der Waals surface area contributed by atoms with Crippen molar-refractivity contribution in [1.29, 1.82) is 0 Å². The summed E-state index contributed by atoms with van der Waals surface area (Å²) in [6.45, 7) is 9.36. The number of hydrogen-bond acceptors (Lipinski definition) is 4. The third kappa shape index (κ3) is 7.63. The third-order valence-electron chi connectivity index (χ3n) is 7.19. The zero-order valence-electron chi connectivity index (χ0n) is 22.4. The van der Waals surface area contributed by atoms with Gasteiger partial charge in [-0.25, -0.2) is 0 Å². The standard InChI is InChI=1S/C31H39O4SSi/c1-24-10-18-28(19-11-24)36(32,33)35-27-16-12-25(13-17-27)22-23-34-37(29-8-6-5-7-9-29)30-20-14-26(15-21-30)31(2,3)4/h5-11,14-15,18-21,25,27H,12-13,16-17,22-23H2,1-4H3. The van der Waals surface area contributed by atoms with E-state index in [1.54, 1.807) is 24.3 Å². The molecule has 1 radical (unpaired) electrons. The van der Waals surface area contributed by atoms with E-state index in [4.69, 9.17) is 8.61 Å². The van der Waals surface area contributed by atoms with E-state index in [9.17, 15) is 8.42 Å². The number of rotatable bonds is 9. The first kappa shape index (κ1) is 27.8. The first-order valence-corrected chi connectivity index (χ1v) is 16.1. The molecule has 0 N–H and O–H groups in total. The minimum absolute atomic E-state index is 0.126. The molecule has 0 atom stereocenters. The van der Waals surface area contributed by atoms with Crippen LogP contribution in [0.1, 0.15) is 64.0 Å². The molecule has 0 aliphatic heterocycles. The smallest absolute Gasteiger partial charge is 0.297 e. The molecule has 0 spiro atoms. The topological polar surface area (TPSA) is 52.6 Å². The van der Waals surface area contributed by atoms with Gasteiger partial charge in [-0.05, 0) is 78.4 Å². The Hall–Kier alpha value is -2.25. The van der Waals surface area contributed by atoms with Gasteiger partial charge < -0.3 is 4.43 Å². The molecule has 3 aromatic carbocycles. The highest BCUT2D eigenvalue weighted by molar-refractivity contribution is 7.86. The van der Waals surface area contributed by atoms with Gasteiger partial charge in [-0.1, -0.05) is 93.1 Å². The summed E-state index contributed by atoms with van der Waals surface area (Å²) in [5.74, 6) is 0.532. The molecule has 3 aromatic rings. The van der Waals surface area contributed by atoms with Crippen LogP contribution in [0.4, 0.5) is 0 Å². The highest BCUT2D eigenvalue weighted by atomic mass is 32.2. The van der Waals surface area contributed by atoms with Crippen LogP contribution in [0.3, 0.4) is 0 Å². The highest BCUT2D eigenvalue weighted by Gasteiger charge is 2.28. The lowest BCUT2D eigenvalue weighted by atomic mass is 9.86. The molecule has 0 heterocycles. The van der Waals surface area contributed by atoms with Crippen LogP contribution in [-0.2, 0) is 24.1 Å². The highest BCUT2D eigenvalue weighted by Crippen LogP contribution is 2.30. The van der Waals surface area contributed by atoms with Crippen LogP contribution in [0.15, 0.2) is 83.8 Å². The van der Waals surface area contributed by atoms with Gasteiger partial charge in [-0.15, -0.1) is 0 Å². The molecule has 0 bridgehead atoms. The molecule has 1 aliphatic rings. The number of hydrogen-bond donors (Lipinski definition) is 0. The fraction of sp³-hybridized carbons (Fsp3) is 0.419. The van der Waals surface area contributed by atoms with Crippen molar-refractivity contribution in [2.75, 3.05) is 6.61 Å². The first-order chi connectivity index (χ1) is 17.6. The summed E-state index contributed by atoms with van der Waals surface area (Å²) in [7, 11) is -5.05. The van der Waals surface area contributed by atoms with E-state index >= 15 is 0 Å². The number of aryl methyl sites for hydroxylation is 1. The zero-order valence-corrected chi connectivity index (χ0v) is 24.3. The monoisotopic (exact) mass is 535 g/mol. The lowest BCUT2D eigenvalue weighted by Crippen LogP contribution is -2.45. The van der Waals surface area contributed by atoms with Crippen LogP contribution in [-0.4, -0.2) is 30.2 Å². The van der Waals surface area contributed by atoms with Gasteiger partial charge in [0.1, 0.15) is 0 Å². The zero-order chi connectivity index (χ0) is 26.5. The Balaban J connectivity index is 1.31. The van der Waals surface area contributed by atoms with E-state index in [1.807, 2.05) is 13.0 Å². The summed E-state index contributed by atoms with van der Waals surface area (Å²) in [5.41, 5.74) is 2.48. The van der Waals surface area contributed by atoms with E-state index in [-0.39, 0.29) is 16.4 Å². The van der Waals surface area contributed by atoms with Gasteiger partial charge in [-0.2, -0.15) is 8.42 Å². The summed E-state index contributed by atoms with van der Waals surface area (Å²) in [4.78, 5) is 0.236. The summed E-state index contributed by atoms with van der Waals surface area (Å²) in [6.07, 6.45) is 4.20. The van der Waals surface area contributed by atoms with E-state index in [2.05, 4.69) is 69.3 Å². The van der Waals surface area contributed by atoms with E-state index < -0.39 is 19.2 Å². The quantitative estimate of drug-likeness (QED) is 0.258. The summed E-state index contributed by atoms with van der Waals surface area (Å²) in [6, 6.07) is 26.3. The first-order valence-electron chi connectivity index (χ1n) is 13.3. The van der Waals surface area contributed by atoms with E-state index in [0.717, 1.165) is 37.7 Å². The molecule has 0 unspecified atom stereocenters. The van der Waals surface area contributed by atoms with E-state index in [0.29, 0.717) is 12.5 Å². The molecule has 1 fully saturated rings. The fourth-order valence-corrected chi connectivity index (χ4v) is 7.91. The van der Waals surface area contributed by atoms with Crippen LogP contribution in [0, 0.1) is 12.8 Å². The van der Waals surface area contributed by atoms with Gasteiger partial charge in [0, 0.05) is 6.61 Å². The molecular weight excluding hydrogens is 496 g/mol. The Morgan fingerprint density at radius 2 is 1.41 bits per heavy atom. The van der Waals surface area contributed by atoms with Crippen LogP contribution in [0.2, 0.25) is 0 Å². The Kier molecular flexibility index (Phi) is 9.06. The van der Waals surface area contributed by atoms with Crippen molar-refractivity contribution in [3.05, 3.63) is 90.0 Å². The molecule has 0 saturated heterocycles. The van der Waals surface area contributed by atoms with Crippen molar-refractivity contribution in [2.24, 2.45) is 5.92 Å². The lowest BCUT2D eigenvalue weighted by molar-refractivity contribution is 0.128. The second kappa shape index (κ2) is 12.1. The van der Waals surface area contributed by atoms with Gasteiger partial charge in [-0.3, -0.25) is 4.18 Å². The largest absolute Gasteiger partial charge is 0.407 e. The van der Waals surface area contributed by atoms with Gasteiger partial charge in [0.25, 0.3) is 19.2 Å². The summed E-state index contributed by atoms with van der Waals surface area (Å²) < 4.78 is 37.5. The molecule has 6 heteroatoms. The predicted molar refractivity (Wildman–Crippen MR) is 152 cm³/mol. The fourth-order valence-electron chi connectivity index (χ4n) is 4.83. The van der Waals surface area contributed by atoms with Gasteiger partial charge in [0.2, 0.25) is 0 Å². The van der Waals surface area contributed by atoms with Gasteiger partial charge in [0.05, 0.1) is 11.0 Å². The maximum absolute atomic E-state index is 12.6. The molecule has 0 aromatic heterocycles. The Morgan fingerprint density at radius 1 is 0.811 bits per heavy atom. The van der Waals surface area contributed by atoms with Crippen molar-refractivity contribution >= 4 is 29.5 Å². The Morgan fingerprint density at radius 3 is 2.00 bits per heavy atom. The average Bonchev–Trinajstić information content (AvgIpc) is 2.88. The molecule has 1 aliphatic carbocycles. The van der Waals surface area contributed by atoms with Crippen molar-refractivity contribution in [3.63, 3.8) is 0 Å². The van der Waals surface area contributed by atoms with Crippen LogP contribution < -0.4 is 10.4 Å². The van der Waals surface area contributed by atoms with Gasteiger partial charge in [0.15, 0.2) is 0 Å². The second-order valence-corrected chi connectivity index (χ2v) is 14.8. The van der Waals surface area contributed by atoms with Crippen molar-refractivity contribution < 1.29 is 17.0 Å². The van der Waals surface area contributed by atoms with Crippen LogP contribution in [0.25, 0.3) is 0 Å². The maximum Gasteiger partial charge on any atom is 0.297 e. The molecule has 4 nitrogen and oxygen atoms in total. The van der Waals surface area contributed by atoms with E-state index in [1.165, 1.54) is 15.9 Å². The lowest BCUT2D eigenvalue weighted by Gasteiger charge is -2.28. The molecule has 197 valence electrons. The minimum Gasteiger partial charge on any atom is -0.407 e. The summed E-state index contributed by atoms with van der Waals surface area (Å²) in [5, 5.41) is 2.53. The molecule has 1 saturated carbocycles. The van der Waals surface area contributed by atoms with Crippen LogP contribution >= 0.6 is 0 Å². The predicted octanol–water partition coefficient (Wildman–Crippen LogP) is 5.77. The average molecular weight is 536 g/mol. The van der Waals surface area contributed by atoms with Crippen molar-refractivity contribution in [2.45, 2.75) is 76.2 Å². The molecule has 4 rings (SSSR count). The van der Waals surface area contributed by atoms with Crippen LogP contribution in [0.5, 0.6) is 0 Å². The Bertz CT molecular complexity index is 1230. The third-order valence-corrected chi connectivity index (χ3v) is 10.8. The second-order valence-electron chi connectivity index (χ2n) is 11.2. The molecule has 0 amide bonds. The number of benzene rings is 3. The Labute approximate surface area is 224 Å². The van der Waals surface area contributed by atoms with Gasteiger partial charge >= 0.3 is 0 Å². The molecule has 37 heavy (non-hydrogen) atoms.